The molecular formula is C16H25N3O3. The monoisotopic (exact) mass is 307 g/mol. The lowest BCUT2D eigenvalue weighted by Crippen LogP contribution is -2.32. The van der Waals surface area contributed by atoms with Gasteiger partial charge in [-0.05, 0) is 45.1 Å². The minimum atomic E-state index is -0.501. The number of rotatable bonds is 7. The van der Waals surface area contributed by atoms with Crippen LogP contribution in [-0.2, 0) is 12.8 Å². The van der Waals surface area contributed by atoms with Gasteiger partial charge in [0.15, 0.2) is 0 Å². The summed E-state index contributed by atoms with van der Waals surface area (Å²) in [6.07, 6.45) is 7.28. The maximum absolute atomic E-state index is 12.1. The van der Waals surface area contributed by atoms with Crippen molar-refractivity contribution in [2.24, 2.45) is 5.73 Å². The Hall–Kier alpha value is -1.82. The first-order chi connectivity index (χ1) is 10.6. The maximum Gasteiger partial charge on any atom is 0.264 e. The first kappa shape index (κ1) is 16.5. The second kappa shape index (κ2) is 7.98. The summed E-state index contributed by atoms with van der Waals surface area (Å²) in [6.45, 7) is 1.18. The number of hydrogen-bond acceptors (Lipinski definition) is 4. The Kier molecular flexibility index (Phi) is 6.00. The number of unbranched alkanes of at least 4 members (excludes halogenated alkanes) is 3. The summed E-state index contributed by atoms with van der Waals surface area (Å²) in [5.74, 6) is -0.634. The van der Waals surface area contributed by atoms with E-state index in [4.69, 9.17) is 5.73 Å². The van der Waals surface area contributed by atoms with Gasteiger partial charge in [0.25, 0.3) is 11.5 Å². The summed E-state index contributed by atoms with van der Waals surface area (Å²) in [5.41, 5.74) is 6.26. The Bertz CT molecular complexity index is 581. The Morgan fingerprint density at radius 2 is 1.91 bits per heavy atom. The molecule has 0 bridgehead atoms. The van der Waals surface area contributed by atoms with E-state index in [9.17, 15) is 14.7 Å². The molecule has 22 heavy (non-hydrogen) atoms. The van der Waals surface area contributed by atoms with Gasteiger partial charge in [-0.1, -0.05) is 12.8 Å². The van der Waals surface area contributed by atoms with E-state index in [0.717, 1.165) is 56.2 Å². The lowest BCUT2D eigenvalue weighted by molar-refractivity contribution is 0.0948. The highest BCUT2D eigenvalue weighted by Crippen LogP contribution is 2.28. The number of carbonyl (C=O) groups is 1. The third-order valence-corrected chi connectivity index (χ3v) is 4.13. The smallest absolute Gasteiger partial charge is 0.264 e. The predicted octanol–water partition coefficient (Wildman–Crippen LogP) is 1.21. The van der Waals surface area contributed by atoms with Crippen LogP contribution in [0, 0.1) is 0 Å². The average Bonchev–Trinajstić information content (AvgIpc) is 2.51. The summed E-state index contributed by atoms with van der Waals surface area (Å²) in [5, 5.41) is 13.0. The lowest BCUT2D eigenvalue weighted by atomic mass is 9.93. The topological polar surface area (TPSA) is 108 Å². The zero-order valence-electron chi connectivity index (χ0n) is 12.9. The molecule has 0 atom stereocenters. The highest BCUT2D eigenvalue weighted by Gasteiger charge is 2.23. The van der Waals surface area contributed by atoms with Crippen LogP contribution in [0.15, 0.2) is 4.79 Å². The first-order valence-electron chi connectivity index (χ1n) is 8.10. The fraction of sp³-hybridized carbons (Fsp3) is 0.625. The van der Waals surface area contributed by atoms with Crippen molar-refractivity contribution >= 4 is 5.91 Å². The van der Waals surface area contributed by atoms with Crippen LogP contribution in [0.5, 0.6) is 5.75 Å². The van der Waals surface area contributed by atoms with Gasteiger partial charge in [0.05, 0.1) is 0 Å². The fourth-order valence-electron chi connectivity index (χ4n) is 2.89. The van der Waals surface area contributed by atoms with E-state index >= 15 is 0 Å². The normalized spacial score (nSPS) is 13.7. The molecule has 1 aromatic heterocycles. The molecule has 2 rings (SSSR count). The zero-order chi connectivity index (χ0) is 15.9. The molecule has 6 nitrogen and oxygen atoms in total. The van der Waals surface area contributed by atoms with E-state index in [1.54, 1.807) is 0 Å². The molecule has 0 radical (unpaired) electrons. The minimum absolute atomic E-state index is 0.140. The third-order valence-electron chi connectivity index (χ3n) is 4.13. The molecule has 6 heteroatoms. The molecular weight excluding hydrogens is 282 g/mol. The molecule has 0 saturated carbocycles. The average molecular weight is 307 g/mol. The van der Waals surface area contributed by atoms with Crippen LogP contribution in [0.2, 0.25) is 0 Å². The van der Waals surface area contributed by atoms with Crippen LogP contribution in [0.1, 0.15) is 60.1 Å². The Labute approximate surface area is 130 Å². The van der Waals surface area contributed by atoms with Crippen molar-refractivity contribution in [1.29, 1.82) is 0 Å². The van der Waals surface area contributed by atoms with Crippen molar-refractivity contribution in [2.75, 3.05) is 13.1 Å². The number of nitrogens with one attached hydrogen (secondary N) is 2. The van der Waals surface area contributed by atoms with E-state index in [-0.39, 0.29) is 11.3 Å². The highest BCUT2D eigenvalue weighted by atomic mass is 16.3. The first-order valence-corrected chi connectivity index (χ1v) is 8.10. The van der Waals surface area contributed by atoms with Gasteiger partial charge in [-0.3, -0.25) is 9.59 Å². The number of nitrogens with two attached hydrogens (primary N) is 1. The molecule has 122 valence electrons. The fourth-order valence-corrected chi connectivity index (χ4v) is 2.89. The minimum Gasteiger partial charge on any atom is -0.507 e. The molecule has 0 aromatic carbocycles. The molecule has 1 aliphatic rings. The second-order valence-corrected chi connectivity index (χ2v) is 5.80. The van der Waals surface area contributed by atoms with Crippen molar-refractivity contribution in [2.45, 2.75) is 51.4 Å². The molecule has 0 unspecified atom stereocenters. The Balaban J connectivity index is 1.99. The molecule has 5 N–H and O–H groups in total. The van der Waals surface area contributed by atoms with Gasteiger partial charge in [-0.25, -0.2) is 0 Å². The quantitative estimate of drug-likeness (QED) is 0.568. The van der Waals surface area contributed by atoms with E-state index in [1.807, 2.05) is 0 Å². The lowest BCUT2D eigenvalue weighted by Gasteiger charge is -2.18. The number of fused-ring (bicyclic) bond motifs is 1. The van der Waals surface area contributed by atoms with E-state index < -0.39 is 11.5 Å². The van der Waals surface area contributed by atoms with Crippen LogP contribution in [-0.4, -0.2) is 29.1 Å². The predicted molar refractivity (Wildman–Crippen MR) is 85.2 cm³/mol. The number of pyridine rings is 1. The molecule has 1 amide bonds. The number of aromatic hydroxyl groups is 1. The number of hydrogen-bond donors (Lipinski definition) is 4. The van der Waals surface area contributed by atoms with Gasteiger partial charge in [0.2, 0.25) is 0 Å². The van der Waals surface area contributed by atoms with E-state index in [2.05, 4.69) is 10.3 Å². The summed E-state index contributed by atoms with van der Waals surface area (Å²) in [6, 6.07) is 0. The summed E-state index contributed by atoms with van der Waals surface area (Å²) >= 11 is 0. The van der Waals surface area contributed by atoms with Crippen molar-refractivity contribution < 1.29 is 9.90 Å². The Morgan fingerprint density at radius 3 is 2.68 bits per heavy atom. The zero-order valence-corrected chi connectivity index (χ0v) is 12.9. The molecule has 0 spiro atoms. The maximum atomic E-state index is 12.1. The van der Waals surface area contributed by atoms with Crippen molar-refractivity contribution in [3.63, 3.8) is 0 Å². The van der Waals surface area contributed by atoms with Crippen LogP contribution in [0.25, 0.3) is 0 Å². The van der Waals surface area contributed by atoms with Crippen molar-refractivity contribution in [3.05, 3.63) is 27.2 Å². The SMILES string of the molecule is NCCCCCCNC(=O)c1c(O)c2c([nH]c1=O)CCCC2. The number of amides is 1. The molecule has 0 aliphatic heterocycles. The largest absolute Gasteiger partial charge is 0.507 e. The van der Waals surface area contributed by atoms with Gasteiger partial charge in [-0.2, -0.15) is 0 Å². The molecule has 0 fully saturated rings. The van der Waals surface area contributed by atoms with E-state index in [1.165, 1.54) is 0 Å². The highest BCUT2D eigenvalue weighted by molar-refractivity contribution is 5.96. The van der Waals surface area contributed by atoms with Crippen LogP contribution < -0.4 is 16.6 Å². The second-order valence-electron chi connectivity index (χ2n) is 5.80. The molecule has 1 heterocycles. The Morgan fingerprint density at radius 1 is 1.18 bits per heavy atom. The van der Waals surface area contributed by atoms with Gasteiger partial charge in [-0.15, -0.1) is 0 Å². The number of aromatic amines is 1. The van der Waals surface area contributed by atoms with Gasteiger partial charge in [0.1, 0.15) is 11.3 Å². The van der Waals surface area contributed by atoms with Crippen LogP contribution in [0.3, 0.4) is 0 Å². The van der Waals surface area contributed by atoms with Gasteiger partial charge >= 0.3 is 0 Å². The number of H-pyrrole nitrogens is 1. The number of aryl methyl sites for hydroxylation is 1. The van der Waals surface area contributed by atoms with Gasteiger partial charge < -0.3 is 21.1 Å². The van der Waals surface area contributed by atoms with Crippen molar-refractivity contribution in [1.82, 2.24) is 10.3 Å². The molecule has 1 aliphatic carbocycles. The third kappa shape index (κ3) is 3.88. The van der Waals surface area contributed by atoms with Crippen molar-refractivity contribution in [3.8, 4) is 5.75 Å². The van der Waals surface area contributed by atoms with Crippen LogP contribution in [0.4, 0.5) is 0 Å². The summed E-state index contributed by atoms with van der Waals surface area (Å²) in [4.78, 5) is 26.9. The summed E-state index contributed by atoms with van der Waals surface area (Å²) < 4.78 is 0. The van der Waals surface area contributed by atoms with E-state index in [0.29, 0.717) is 19.5 Å². The van der Waals surface area contributed by atoms with Crippen LogP contribution >= 0.6 is 0 Å². The van der Waals surface area contributed by atoms with Gasteiger partial charge in [0, 0.05) is 17.8 Å². The number of carbonyl (C=O) groups excluding carboxylic acids is 1. The molecule has 1 aromatic rings. The standard InChI is InChI=1S/C16H25N3O3/c17-9-5-1-2-6-10-18-15(21)13-14(20)11-7-3-4-8-12(11)19-16(13)22/h1-10,17H2,(H,18,21)(H2,19,20,22). The number of aromatic nitrogens is 1. The summed E-state index contributed by atoms with van der Waals surface area (Å²) in [7, 11) is 0. The molecule has 0 saturated heterocycles.